The van der Waals surface area contributed by atoms with Crippen LogP contribution in [0.1, 0.15) is 28.5 Å². The van der Waals surface area contributed by atoms with Crippen LogP contribution in [0.4, 0.5) is 4.39 Å². The van der Waals surface area contributed by atoms with Crippen molar-refractivity contribution in [1.29, 1.82) is 0 Å². The lowest BCUT2D eigenvalue weighted by Crippen LogP contribution is -2.50. The van der Waals surface area contributed by atoms with Crippen LogP contribution in [0, 0.1) is 11.7 Å². The molecule has 2 atom stereocenters. The Morgan fingerprint density at radius 2 is 1.76 bits per heavy atom. The van der Waals surface area contributed by atoms with Gasteiger partial charge in [-0.3, -0.25) is 9.59 Å². The highest BCUT2D eigenvalue weighted by atomic mass is 32.2. The standard InChI is InChI=1S/C19H20FN3O5S/c20-15-4-2-1-3-12(15)13-11-14(13)19(25)22-7-9-23(10-8-22)29(26,27)17-6-5-16(28-17)18(21)24/h1-6,13-14H,7-11H2,(H2,21,24). The van der Waals surface area contributed by atoms with Crippen LogP contribution in [0.5, 0.6) is 0 Å². The molecule has 8 nitrogen and oxygen atoms in total. The number of rotatable bonds is 5. The Bertz CT molecular complexity index is 1060. The SMILES string of the molecule is NC(=O)c1ccc(S(=O)(=O)N2CCN(C(=O)C3CC3c3ccccc3F)CC2)o1. The van der Waals surface area contributed by atoms with Gasteiger partial charge in [-0.05, 0) is 36.1 Å². The third-order valence-electron chi connectivity index (χ3n) is 5.38. The molecule has 2 unspecified atom stereocenters. The van der Waals surface area contributed by atoms with E-state index in [1.165, 1.54) is 22.5 Å². The Hall–Kier alpha value is -2.72. The highest BCUT2D eigenvalue weighted by Gasteiger charge is 2.47. The monoisotopic (exact) mass is 421 g/mol. The van der Waals surface area contributed by atoms with Crippen LogP contribution in [0.2, 0.25) is 0 Å². The lowest BCUT2D eigenvalue weighted by atomic mass is 10.1. The number of hydrogen-bond acceptors (Lipinski definition) is 5. The van der Waals surface area contributed by atoms with E-state index in [2.05, 4.69) is 0 Å². The summed E-state index contributed by atoms with van der Waals surface area (Å²) in [5.74, 6) is -1.86. The van der Waals surface area contributed by atoms with Gasteiger partial charge in [0.25, 0.3) is 15.9 Å². The Morgan fingerprint density at radius 1 is 1.07 bits per heavy atom. The van der Waals surface area contributed by atoms with Gasteiger partial charge in [0.1, 0.15) is 5.82 Å². The van der Waals surface area contributed by atoms with Crippen molar-refractivity contribution >= 4 is 21.8 Å². The van der Waals surface area contributed by atoms with Crippen molar-refractivity contribution in [3.8, 4) is 0 Å². The minimum absolute atomic E-state index is 0.0793. The topological polar surface area (TPSA) is 114 Å². The summed E-state index contributed by atoms with van der Waals surface area (Å²) >= 11 is 0. The number of carbonyl (C=O) groups is 2. The van der Waals surface area contributed by atoms with Crippen molar-refractivity contribution in [3.63, 3.8) is 0 Å². The van der Waals surface area contributed by atoms with Crippen molar-refractivity contribution in [1.82, 2.24) is 9.21 Å². The maximum atomic E-state index is 13.9. The van der Waals surface area contributed by atoms with E-state index in [1.807, 2.05) is 0 Å². The number of halogens is 1. The molecule has 1 aromatic carbocycles. The molecule has 2 N–H and O–H groups in total. The van der Waals surface area contributed by atoms with Gasteiger partial charge in [0, 0.05) is 32.1 Å². The summed E-state index contributed by atoms with van der Waals surface area (Å²) in [7, 11) is -3.92. The summed E-state index contributed by atoms with van der Waals surface area (Å²) in [6.45, 7) is 0.694. The van der Waals surface area contributed by atoms with E-state index in [4.69, 9.17) is 10.2 Å². The van der Waals surface area contributed by atoms with E-state index < -0.39 is 15.9 Å². The minimum atomic E-state index is -3.92. The maximum Gasteiger partial charge on any atom is 0.284 e. The zero-order valence-corrected chi connectivity index (χ0v) is 16.3. The van der Waals surface area contributed by atoms with Crippen LogP contribution in [0.3, 0.4) is 0 Å². The third kappa shape index (κ3) is 3.65. The van der Waals surface area contributed by atoms with Crippen LogP contribution in [-0.2, 0) is 14.8 Å². The molecule has 29 heavy (non-hydrogen) atoms. The second-order valence-electron chi connectivity index (χ2n) is 7.18. The molecule has 0 bridgehead atoms. The molecule has 4 rings (SSSR count). The fourth-order valence-corrected chi connectivity index (χ4v) is 5.02. The smallest absolute Gasteiger partial charge is 0.284 e. The number of piperazine rings is 1. The van der Waals surface area contributed by atoms with Crippen molar-refractivity contribution in [2.24, 2.45) is 11.7 Å². The summed E-state index contributed by atoms with van der Waals surface area (Å²) in [5, 5.41) is -0.354. The number of amides is 2. The highest BCUT2D eigenvalue weighted by molar-refractivity contribution is 7.89. The van der Waals surface area contributed by atoms with Gasteiger partial charge in [0.2, 0.25) is 11.0 Å². The number of furan rings is 1. The summed E-state index contributed by atoms with van der Waals surface area (Å²) in [6.07, 6.45) is 0.598. The zero-order valence-electron chi connectivity index (χ0n) is 15.5. The summed E-state index contributed by atoms with van der Waals surface area (Å²) in [4.78, 5) is 25.5. The first-order valence-electron chi connectivity index (χ1n) is 9.22. The van der Waals surface area contributed by atoms with E-state index >= 15 is 0 Å². The van der Waals surface area contributed by atoms with E-state index in [-0.39, 0.29) is 60.6 Å². The minimum Gasteiger partial charge on any atom is -0.438 e. The molecule has 1 saturated heterocycles. The van der Waals surface area contributed by atoms with E-state index in [9.17, 15) is 22.4 Å². The second-order valence-corrected chi connectivity index (χ2v) is 9.05. The predicted octanol–water partition coefficient (Wildman–Crippen LogP) is 1.15. The first-order chi connectivity index (χ1) is 13.8. The number of hydrogen-bond donors (Lipinski definition) is 1. The van der Waals surface area contributed by atoms with Crippen LogP contribution in [0.25, 0.3) is 0 Å². The lowest BCUT2D eigenvalue weighted by molar-refractivity contribution is -0.133. The van der Waals surface area contributed by atoms with Crippen molar-refractivity contribution in [3.05, 3.63) is 53.5 Å². The first kappa shape index (κ1) is 19.6. The molecule has 2 heterocycles. The van der Waals surface area contributed by atoms with Gasteiger partial charge in [0.05, 0.1) is 0 Å². The first-order valence-corrected chi connectivity index (χ1v) is 10.7. The summed E-state index contributed by atoms with van der Waals surface area (Å²) < 4.78 is 45.5. The number of benzene rings is 1. The molecule has 10 heteroatoms. The highest BCUT2D eigenvalue weighted by Crippen LogP contribution is 2.49. The molecule has 2 amide bonds. The van der Waals surface area contributed by atoms with Crippen LogP contribution in [-0.4, -0.2) is 55.6 Å². The molecule has 1 saturated carbocycles. The fraction of sp³-hybridized carbons (Fsp3) is 0.368. The summed E-state index contributed by atoms with van der Waals surface area (Å²) in [5.41, 5.74) is 5.64. The number of primary amides is 1. The fourth-order valence-electron chi connectivity index (χ4n) is 3.69. The van der Waals surface area contributed by atoms with Gasteiger partial charge in [0.15, 0.2) is 5.76 Å². The average Bonchev–Trinajstić information content (AvgIpc) is 3.32. The lowest BCUT2D eigenvalue weighted by Gasteiger charge is -2.33. The van der Waals surface area contributed by atoms with Gasteiger partial charge in [-0.2, -0.15) is 4.31 Å². The van der Waals surface area contributed by atoms with Gasteiger partial charge >= 0.3 is 0 Å². The molecular formula is C19H20FN3O5S. The Labute approximate surface area is 167 Å². The van der Waals surface area contributed by atoms with Gasteiger partial charge < -0.3 is 15.1 Å². The third-order valence-corrected chi connectivity index (χ3v) is 7.15. The Balaban J connectivity index is 1.37. The Morgan fingerprint density at radius 3 is 2.38 bits per heavy atom. The molecule has 1 aliphatic carbocycles. The average molecular weight is 421 g/mol. The molecule has 1 aromatic heterocycles. The quantitative estimate of drug-likeness (QED) is 0.778. The van der Waals surface area contributed by atoms with Crippen molar-refractivity contribution in [2.45, 2.75) is 17.4 Å². The van der Waals surface area contributed by atoms with Crippen LogP contribution in [0.15, 0.2) is 45.9 Å². The predicted molar refractivity (Wildman–Crippen MR) is 99.8 cm³/mol. The molecule has 2 aromatic rings. The van der Waals surface area contributed by atoms with Gasteiger partial charge in [-0.15, -0.1) is 0 Å². The second kappa shape index (κ2) is 7.27. The molecule has 2 aliphatic rings. The molecule has 2 fully saturated rings. The molecular weight excluding hydrogens is 401 g/mol. The van der Waals surface area contributed by atoms with E-state index in [0.29, 0.717) is 12.0 Å². The van der Waals surface area contributed by atoms with Crippen molar-refractivity contribution in [2.75, 3.05) is 26.2 Å². The zero-order chi connectivity index (χ0) is 20.8. The van der Waals surface area contributed by atoms with Gasteiger partial charge in [-0.1, -0.05) is 18.2 Å². The molecule has 1 aliphatic heterocycles. The number of carbonyl (C=O) groups excluding carboxylic acids is 2. The molecule has 0 spiro atoms. The van der Waals surface area contributed by atoms with Crippen molar-refractivity contribution < 1.29 is 26.8 Å². The van der Waals surface area contributed by atoms with E-state index in [1.54, 1.807) is 23.1 Å². The molecule has 154 valence electrons. The number of sulfonamides is 1. The normalized spacial score (nSPS) is 22.4. The van der Waals surface area contributed by atoms with E-state index in [0.717, 1.165) is 0 Å². The van der Waals surface area contributed by atoms with Gasteiger partial charge in [-0.25, -0.2) is 12.8 Å². The largest absolute Gasteiger partial charge is 0.438 e. The molecule has 0 radical (unpaired) electrons. The number of nitrogens with zero attached hydrogens (tertiary/aromatic N) is 2. The maximum absolute atomic E-state index is 13.9. The summed E-state index contributed by atoms with van der Waals surface area (Å²) in [6, 6.07) is 8.85. The van der Waals surface area contributed by atoms with Crippen LogP contribution < -0.4 is 5.73 Å². The Kier molecular flexibility index (Phi) is 4.91. The van der Waals surface area contributed by atoms with Crippen LogP contribution >= 0.6 is 0 Å². The number of nitrogens with two attached hydrogens (primary N) is 1.